The fourth-order valence-electron chi connectivity index (χ4n) is 2.25. The minimum atomic E-state index is -0.405. The van der Waals surface area contributed by atoms with Crippen molar-refractivity contribution in [3.8, 4) is 0 Å². The number of nitrogens with zero attached hydrogens (tertiary/aromatic N) is 3. The van der Waals surface area contributed by atoms with Crippen molar-refractivity contribution in [1.29, 1.82) is 0 Å². The minimum Gasteiger partial charge on any atom is -0.469 e. The van der Waals surface area contributed by atoms with Crippen molar-refractivity contribution < 1.29 is 14.3 Å². The maximum absolute atomic E-state index is 11.9. The lowest BCUT2D eigenvalue weighted by Crippen LogP contribution is -2.26. The van der Waals surface area contributed by atoms with Crippen LogP contribution >= 0.6 is 0 Å². The smallest absolute Gasteiger partial charge is 0.311 e. The van der Waals surface area contributed by atoms with Crippen molar-refractivity contribution >= 4 is 28.6 Å². The normalized spacial score (nSPS) is 19.1. The van der Waals surface area contributed by atoms with Crippen molar-refractivity contribution in [3.63, 3.8) is 0 Å². The lowest BCUT2D eigenvalue weighted by Gasteiger charge is -2.15. The second-order valence-electron chi connectivity index (χ2n) is 4.43. The molecular weight excluding hydrogens is 248 g/mol. The van der Waals surface area contributed by atoms with E-state index < -0.39 is 5.92 Å². The molecule has 7 heteroatoms. The van der Waals surface area contributed by atoms with Gasteiger partial charge in [0.25, 0.3) is 0 Å². The van der Waals surface area contributed by atoms with Crippen LogP contribution in [-0.2, 0) is 14.3 Å². The number of methoxy groups -OCH3 is 1. The van der Waals surface area contributed by atoms with Crippen LogP contribution in [0.25, 0.3) is 11.0 Å². The summed E-state index contributed by atoms with van der Waals surface area (Å²) >= 11 is 0. The highest BCUT2D eigenvalue weighted by Crippen LogP contribution is 2.26. The first-order valence-electron chi connectivity index (χ1n) is 5.86. The second kappa shape index (κ2) is 4.34. The number of amides is 1. The molecule has 0 aromatic carbocycles. The first kappa shape index (κ1) is 11.6. The number of pyridine rings is 1. The van der Waals surface area contributed by atoms with Crippen molar-refractivity contribution in [1.82, 2.24) is 15.2 Å². The van der Waals surface area contributed by atoms with Gasteiger partial charge in [0.2, 0.25) is 5.91 Å². The van der Waals surface area contributed by atoms with Gasteiger partial charge in [-0.25, -0.2) is 4.98 Å². The summed E-state index contributed by atoms with van der Waals surface area (Å²) in [7, 11) is 1.33. The van der Waals surface area contributed by atoms with Gasteiger partial charge >= 0.3 is 5.97 Å². The molecule has 3 heterocycles. The lowest BCUT2D eigenvalue weighted by molar-refractivity contribution is -0.145. The molecule has 0 saturated carbocycles. The third-order valence-corrected chi connectivity index (χ3v) is 3.25. The molecule has 98 valence electrons. The number of ether oxygens (including phenoxy) is 1. The van der Waals surface area contributed by atoms with Gasteiger partial charge in [0, 0.05) is 18.4 Å². The largest absolute Gasteiger partial charge is 0.469 e. The average molecular weight is 260 g/mol. The molecule has 1 unspecified atom stereocenters. The summed E-state index contributed by atoms with van der Waals surface area (Å²) in [5.74, 6) is -0.856. The molecule has 2 aromatic rings. The number of fused-ring (bicyclic) bond motifs is 1. The second-order valence-corrected chi connectivity index (χ2v) is 4.43. The zero-order valence-corrected chi connectivity index (χ0v) is 10.3. The SMILES string of the molecule is COC(=O)C1CC(=O)N(c2cnc3[nH]ncc3c2)C1. The highest BCUT2D eigenvalue weighted by molar-refractivity contribution is 6.00. The zero-order valence-electron chi connectivity index (χ0n) is 10.3. The maximum atomic E-state index is 11.9. The van der Waals surface area contributed by atoms with E-state index >= 15 is 0 Å². The quantitative estimate of drug-likeness (QED) is 0.793. The van der Waals surface area contributed by atoms with E-state index in [1.54, 1.807) is 17.3 Å². The molecule has 0 radical (unpaired) electrons. The van der Waals surface area contributed by atoms with Crippen LogP contribution in [0.1, 0.15) is 6.42 Å². The molecule has 19 heavy (non-hydrogen) atoms. The number of hydrogen-bond donors (Lipinski definition) is 1. The summed E-state index contributed by atoms with van der Waals surface area (Å²) < 4.78 is 4.68. The van der Waals surface area contributed by atoms with Crippen LogP contribution in [0.15, 0.2) is 18.5 Å². The van der Waals surface area contributed by atoms with E-state index in [1.807, 2.05) is 6.07 Å². The molecule has 1 atom stereocenters. The Morgan fingerprint density at radius 3 is 3.16 bits per heavy atom. The molecule has 1 saturated heterocycles. The molecular formula is C12H12N4O3. The summed E-state index contributed by atoms with van der Waals surface area (Å²) in [5, 5.41) is 7.45. The Morgan fingerprint density at radius 1 is 1.53 bits per heavy atom. The number of H-pyrrole nitrogens is 1. The highest BCUT2D eigenvalue weighted by Gasteiger charge is 2.36. The summed E-state index contributed by atoms with van der Waals surface area (Å²) in [4.78, 5) is 29.2. The molecule has 3 rings (SSSR count). The summed E-state index contributed by atoms with van der Waals surface area (Å²) in [6.07, 6.45) is 3.42. The third kappa shape index (κ3) is 1.92. The first-order valence-corrected chi connectivity index (χ1v) is 5.86. The number of rotatable bonds is 2. The van der Waals surface area contributed by atoms with Gasteiger partial charge in [0.1, 0.15) is 0 Å². The molecule has 1 N–H and O–H groups in total. The summed E-state index contributed by atoms with van der Waals surface area (Å²) in [6, 6.07) is 1.82. The van der Waals surface area contributed by atoms with E-state index in [-0.39, 0.29) is 18.3 Å². The maximum Gasteiger partial charge on any atom is 0.311 e. The lowest BCUT2D eigenvalue weighted by atomic mass is 10.1. The topological polar surface area (TPSA) is 88.2 Å². The Hall–Kier alpha value is -2.44. The predicted octanol–water partition coefficient (Wildman–Crippen LogP) is 0.484. The van der Waals surface area contributed by atoms with Crippen LogP contribution in [0.4, 0.5) is 5.69 Å². The van der Waals surface area contributed by atoms with Gasteiger partial charge in [-0.05, 0) is 6.07 Å². The van der Waals surface area contributed by atoms with E-state index in [1.165, 1.54) is 7.11 Å². The van der Waals surface area contributed by atoms with Crippen LogP contribution < -0.4 is 4.90 Å². The summed E-state index contributed by atoms with van der Waals surface area (Å²) in [5.41, 5.74) is 1.34. The number of esters is 1. The van der Waals surface area contributed by atoms with Gasteiger partial charge < -0.3 is 9.64 Å². The Balaban J connectivity index is 1.89. The fourth-order valence-corrected chi connectivity index (χ4v) is 2.25. The number of carbonyl (C=O) groups excluding carboxylic acids is 2. The molecule has 1 aliphatic rings. The molecule has 7 nitrogen and oxygen atoms in total. The molecule has 1 aliphatic heterocycles. The highest BCUT2D eigenvalue weighted by atomic mass is 16.5. The zero-order chi connectivity index (χ0) is 13.4. The molecule has 1 fully saturated rings. The van der Waals surface area contributed by atoms with Crippen molar-refractivity contribution in [2.45, 2.75) is 6.42 Å². The van der Waals surface area contributed by atoms with Crippen molar-refractivity contribution in [3.05, 3.63) is 18.5 Å². The van der Waals surface area contributed by atoms with Crippen molar-refractivity contribution in [2.75, 3.05) is 18.6 Å². The van der Waals surface area contributed by atoms with Gasteiger partial charge in [-0.2, -0.15) is 5.10 Å². The number of hydrogen-bond acceptors (Lipinski definition) is 5. The average Bonchev–Trinajstić information content (AvgIpc) is 3.03. The Labute approximate surface area is 108 Å². The van der Waals surface area contributed by atoms with Gasteiger partial charge in [0.05, 0.1) is 31.1 Å². The number of nitrogens with one attached hydrogen (secondary N) is 1. The number of anilines is 1. The van der Waals surface area contributed by atoms with Gasteiger partial charge in [-0.15, -0.1) is 0 Å². The van der Waals surface area contributed by atoms with E-state index in [0.717, 1.165) is 5.39 Å². The van der Waals surface area contributed by atoms with Gasteiger partial charge in [-0.1, -0.05) is 0 Å². The number of aromatic amines is 1. The molecule has 0 bridgehead atoms. The number of aromatic nitrogens is 3. The molecule has 0 spiro atoms. The van der Waals surface area contributed by atoms with Crippen LogP contribution in [0.2, 0.25) is 0 Å². The predicted molar refractivity (Wildman–Crippen MR) is 66.4 cm³/mol. The Morgan fingerprint density at radius 2 is 2.37 bits per heavy atom. The van der Waals surface area contributed by atoms with Gasteiger partial charge in [0.15, 0.2) is 5.65 Å². The Bertz CT molecular complexity index is 651. The van der Waals surface area contributed by atoms with Crippen LogP contribution in [0, 0.1) is 5.92 Å². The monoisotopic (exact) mass is 260 g/mol. The number of carbonyl (C=O) groups is 2. The van der Waals surface area contributed by atoms with Crippen LogP contribution in [-0.4, -0.2) is 40.7 Å². The molecule has 0 aliphatic carbocycles. The molecule has 1 amide bonds. The van der Waals surface area contributed by atoms with Gasteiger partial charge in [-0.3, -0.25) is 14.7 Å². The van der Waals surface area contributed by atoms with Crippen molar-refractivity contribution in [2.24, 2.45) is 5.92 Å². The fraction of sp³-hybridized carbons (Fsp3) is 0.333. The van der Waals surface area contributed by atoms with Crippen LogP contribution in [0.3, 0.4) is 0 Å². The Kier molecular flexibility index (Phi) is 2.66. The van der Waals surface area contributed by atoms with E-state index in [9.17, 15) is 9.59 Å². The first-order chi connectivity index (χ1) is 9.19. The van der Waals surface area contributed by atoms with Crippen LogP contribution in [0.5, 0.6) is 0 Å². The van der Waals surface area contributed by atoms with E-state index in [4.69, 9.17) is 0 Å². The standard InChI is InChI=1S/C12H12N4O3/c1-19-12(18)8-3-10(17)16(6-8)9-2-7-4-14-15-11(7)13-5-9/h2,4-5,8H,3,6H2,1H3,(H,13,14,15). The third-order valence-electron chi connectivity index (χ3n) is 3.25. The molecule has 2 aromatic heterocycles. The van der Waals surface area contributed by atoms with E-state index in [0.29, 0.717) is 17.9 Å². The summed E-state index contributed by atoms with van der Waals surface area (Å²) in [6.45, 7) is 0.330. The van der Waals surface area contributed by atoms with E-state index in [2.05, 4.69) is 19.9 Å². The minimum absolute atomic E-state index is 0.0972.